The molecule has 0 bridgehead atoms. The van der Waals surface area contributed by atoms with Gasteiger partial charge in [-0.15, -0.1) is 0 Å². The molecule has 0 saturated heterocycles. The Morgan fingerprint density at radius 2 is 1.63 bits per heavy atom. The highest BCUT2D eigenvalue weighted by molar-refractivity contribution is 7.90. The van der Waals surface area contributed by atoms with Gasteiger partial charge in [-0.2, -0.15) is 10.4 Å². The van der Waals surface area contributed by atoms with E-state index in [1.54, 1.807) is 42.5 Å². The average molecular weight is 592 g/mol. The van der Waals surface area contributed by atoms with Crippen LogP contribution in [0.3, 0.4) is 0 Å². The predicted molar refractivity (Wildman–Crippen MR) is 155 cm³/mol. The maximum Gasteiger partial charge on any atom is 0.334 e. The Hall–Kier alpha value is -4.70. The minimum absolute atomic E-state index is 0.0916. The zero-order valence-electron chi connectivity index (χ0n) is 22.1. The molecule has 0 fully saturated rings. The van der Waals surface area contributed by atoms with Crippen molar-refractivity contribution in [3.63, 3.8) is 0 Å². The first-order valence-corrected chi connectivity index (χ1v) is 14.1. The predicted octanol–water partition coefficient (Wildman–Crippen LogP) is 4.15. The van der Waals surface area contributed by atoms with Gasteiger partial charge in [-0.3, -0.25) is 10.1 Å². The number of carbonyl (C=O) groups is 2. The van der Waals surface area contributed by atoms with Crippen LogP contribution < -0.4 is 15.4 Å². The van der Waals surface area contributed by atoms with Gasteiger partial charge in [0.15, 0.2) is 5.82 Å². The summed E-state index contributed by atoms with van der Waals surface area (Å²) in [7, 11) is -0.329. The molecule has 0 unspecified atom stereocenters. The number of nitrogens with zero attached hydrogens (tertiary/aromatic N) is 4. The summed E-state index contributed by atoms with van der Waals surface area (Å²) in [5, 5.41) is 19.9. The first kappa shape index (κ1) is 29.3. The molecule has 0 aliphatic heterocycles. The maximum atomic E-state index is 12.9. The number of halogens is 1. The smallest absolute Gasteiger partial charge is 0.326 e. The van der Waals surface area contributed by atoms with Crippen LogP contribution in [-0.4, -0.2) is 49.1 Å². The molecule has 41 heavy (non-hydrogen) atoms. The Balaban J connectivity index is 1.58. The van der Waals surface area contributed by atoms with E-state index in [4.69, 9.17) is 11.6 Å². The van der Waals surface area contributed by atoms with Crippen molar-refractivity contribution in [3.05, 3.63) is 101 Å². The number of amides is 3. The van der Waals surface area contributed by atoms with E-state index in [1.165, 1.54) is 28.9 Å². The van der Waals surface area contributed by atoms with E-state index in [0.29, 0.717) is 16.4 Å². The second-order valence-corrected chi connectivity index (χ2v) is 11.3. The Bertz CT molecular complexity index is 1700. The van der Waals surface area contributed by atoms with E-state index in [1.807, 2.05) is 41.9 Å². The molecule has 11 nitrogen and oxygen atoms in total. The molecule has 210 valence electrons. The molecule has 3 aromatic carbocycles. The highest BCUT2D eigenvalue weighted by Gasteiger charge is 2.25. The number of nitriles is 1. The van der Waals surface area contributed by atoms with E-state index in [-0.39, 0.29) is 28.4 Å². The van der Waals surface area contributed by atoms with Crippen LogP contribution in [0.2, 0.25) is 5.02 Å². The number of para-hydroxylation sites is 1. The van der Waals surface area contributed by atoms with E-state index >= 15 is 0 Å². The van der Waals surface area contributed by atoms with Gasteiger partial charge in [0, 0.05) is 17.3 Å². The molecule has 4 rings (SSSR count). The van der Waals surface area contributed by atoms with Gasteiger partial charge in [0.2, 0.25) is 5.91 Å². The molecular weight excluding hydrogens is 566 g/mol. The molecule has 0 aliphatic carbocycles. The summed E-state index contributed by atoms with van der Waals surface area (Å²) in [5.74, 6) is -0.528. The number of hydrogen-bond donors (Lipinski definition) is 3. The number of hydrogen-bond acceptors (Lipinski definition) is 7. The van der Waals surface area contributed by atoms with Gasteiger partial charge in [-0.1, -0.05) is 41.9 Å². The molecule has 0 radical (unpaired) electrons. The third-order valence-electron chi connectivity index (χ3n) is 5.72. The van der Waals surface area contributed by atoms with Crippen LogP contribution in [0.25, 0.3) is 5.69 Å². The minimum Gasteiger partial charge on any atom is -0.326 e. The summed E-state index contributed by atoms with van der Waals surface area (Å²) >= 11 is 5.83. The molecule has 0 saturated carbocycles. The SMILES string of the molecule is CN(C)Cc1ccc(NC(=O)Cc2nn(-c3ccccc3)c(NC(=O)NS(=O)(=O)c3ccc(Cl)cc3)c2C#N)cc1. The van der Waals surface area contributed by atoms with Gasteiger partial charge in [0.05, 0.1) is 22.7 Å². The van der Waals surface area contributed by atoms with Crippen molar-refractivity contribution in [2.75, 3.05) is 24.7 Å². The largest absolute Gasteiger partial charge is 0.334 e. The van der Waals surface area contributed by atoms with E-state index in [0.717, 1.165) is 12.1 Å². The highest BCUT2D eigenvalue weighted by atomic mass is 35.5. The number of sulfonamides is 1. The van der Waals surface area contributed by atoms with Crippen LogP contribution in [0.15, 0.2) is 83.8 Å². The van der Waals surface area contributed by atoms with Crippen LogP contribution in [-0.2, 0) is 27.8 Å². The van der Waals surface area contributed by atoms with Gasteiger partial charge < -0.3 is 10.2 Å². The van der Waals surface area contributed by atoms with Crippen LogP contribution in [0.1, 0.15) is 16.8 Å². The normalized spacial score (nSPS) is 11.1. The number of anilines is 2. The second kappa shape index (κ2) is 12.6. The average Bonchev–Trinajstić information content (AvgIpc) is 3.26. The molecule has 1 aromatic heterocycles. The molecule has 0 aliphatic rings. The highest BCUT2D eigenvalue weighted by Crippen LogP contribution is 2.25. The summed E-state index contributed by atoms with van der Waals surface area (Å²) in [5.41, 5.74) is 2.12. The van der Waals surface area contributed by atoms with Crippen molar-refractivity contribution in [2.45, 2.75) is 17.9 Å². The van der Waals surface area contributed by atoms with Crippen LogP contribution >= 0.6 is 11.6 Å². The van der Waals surface area contributed by atoms with Crippen LogP contribution in [0.5, 0.6) is 0 Å². The first-order chi connectivity index (χ1) is 19.6. The van der Waals surface area contributed by atoms with E-state index < -0.39 is 22.0 Å². The zero-order valence-corrected chi connectivity index (χ0v) is 23.7. The quantitative estimate of drug-likeness (QED) is 0.265. The van der Waals surface area contributed by atoms with Crippen molar-refractivity contribution in [1.82, 2.24) is 19.4 Å². The Morgan fingerprint density at radius 1 is 0.976 bits per heavy atom. The Kier molecular flexibility index (Phi) is 9.04. The summed E-state index contributed by atoms with van der Waals surface area (Å²) in [6, 6.07) is 22.1. The summed E-state index contributed by atoms with van der Waals surface area (Å²) in [6.45, 7) is 0.751. The maximum absolute atomic E-state index is 12.9. The summed E-state index contributed by atoms with van der Waals surface area (Å²) < 4.78 is 28.6. The molecule has 13 heteroatoms. The lowest BCUT2D eigenvalue weighted by Crippen LogP contribution is -2.35. The fourth-order valence-electron chi connectivity index (χ4n) is 3.92. The van der Waals surface area contributed by atoms with Crippen molar-refractivity contribution in [2.24, 2.45) is 0 Å². The molecule has 0 spiro atoms. The van der Waals surface area contributed by atoms with Crippen LogP contribution in [0.4, 0.5) is 16.3 Å². The van der Waals surface area contributed by atoms with Crippen molar-refractivity contribution in [3.8, 4) is 11.8 Å². The molecule has 3 N–H and O–H groups in total. The van der Waals surface area contributed by atoms with Gasteiger partial charge >= 0.3 is 6.03 Å². The number of rotatable bonds is 9. The number of benzene rings is 3. The van der Waals surface area contributed by atoms with Gasteiger partial charge in [-0.25, -0.2) is 22.6 Å². The number of aromatic nitrogens is 2. The number of carbonyl (C=O) groups excluding carboxylic acids is 2. The fourth-order valence-corrected chi connectivity index (χ4v) is 4.95. The number of urea groups is 1. The molecule has 4 aromatic rings. The monoisotopic (exact) mass is 591 g/mol. The van der Waals surface area contributed by atoms with E-state index in [9.17, 15) is 23.3 Å². The van der Waals surface area contributed by atoms with E-state index in [2.05, 4.69) is 15.7 Å². The molecule has 3 amide bonds. The third kappa shape index (κ3) is 7.49. The number of nitrogens with one attached hydrogen (secondary N) is 3. The Morgan fingerprint density at radius 3 is 2.24 bits per heavy atom. The fraction of sp³-hybridized carbons (Fsp3) is 0.143. The van der Waals surface area contributed by atoms with Crippen LogP contribution in [0, 0.1) is 11.3 Å². The minimum atomic E-state index is -4.25. The lowest BCUT2D eigenvalue weighted by molar-refractivity contribution is -0.115. The topological polar surface area (TPSA) is 149 Å². The van der Waals surface area contributed by atoms with Crippen molar-refractivity contribution < 1.29 is 18.0 Å². The van der Waals surface area contributed by atoms with Crippen molar-refractivity contribution in [1.29, 1.82) is 5.26 Å². The second-order valence-electron chi connectivity index (χ2n) is 9.20. The molecular formula is C28H26ClN7O4S. The zero-order chi connectivity index (χ0) is 29.6. The third-order valence-corrected chi connectivity index (χ3v) is 7.32. The Labute approximate surface area is 242 Å². The van der Waals surface area contributed by atoms with Gasteiger partial charge in [0.25, 0.3) is 10.0 Å². The molecule has 0 atom stereocenters. The summed E-state index contributed by atoms with van der Waals surface area (Å²) in [4.78, 5) is 27.6. The molecule has 1 heterocycles. The van der Waals surface area contributed by atoms with Gasteiger partial charge in [0.1, 0.15) is 11.6 Å². The van der Waals surface area contributed by atoms with Gasteiger partial charge in [-0.05, 0) is 68.2 Å². The summed E-state index contributed by atoms with van der Waals surface area (Å²) in [6.07, 6.45) is -0.276. The lowest BCUT2D eigenvalue weighted by atomic mass is 10.1. The lowest BCUT2D eigenvalue weighted by Gasteiger charge is -2.11. The van der Waals surface area contributed by atoms with Crippen molar-refractivity contribution >= 4 is 45.1 Å². The standard InChI is InChI=1S/C28H26ClN7O4S/c1-35(2)18-19-8-12-21(13-9-19)31-26(37)16-25-24(17-30)27(36(33-25)22-6-4-3-5-7-22)32-28(38)34-41(39,40)23-14-10-20(29)11-15-23/h3-15H,16,18H2,1-2H3,(H,31,37)(H2,32,34,38). The first-order valence-electron chi connectivity index (χ1n) is 12.3.